The van der Waals surface area contributed by atoms with Gasteiger partial charge in [-0.2, -0.15) is 0 Å². The first-order chi connectivity index (χ1) is 9.63. The third-order valence-corrected chi connectivity index (χ3v) is 4.06. The Labute approximate surface area is 119 Å². The fraction of sp³-hybridized carbons (Fsp3) is 0.600. The molecule has 0 amide bonds. The van der Waals surface area contributed by atoms with Crippen molar-refractivity contribution in [1.82, 2.24) is 9.80 Å². The van der Waals surface area contributed by atoms with Gasteiger partial charge in [0.15, 0.2) is 11.6 Å². The van der Waals surface area contributed by atoms with Gasteiger partial charge < -0.3 is 10.6 Å². The minimum Gasteiger partial charge on any atom is -0.329 e. The van der Waals surface area contributed by atoms with Crippen molar-refractivity contribution in [2.75, 3.05) is 39.8 Å². The maximum Gasteiger partial charge on any atom is 0.163 e. The second kappa shape index (κ2) is 7.11. The molecule has 0 saturated carbocycles. The van der Waals surface area contributed by atoms with Gasteiger partial charge in [0.05, 0.1) is 0 Å². The molecule has 0 radical (unpaired) electrons. The van der Waals surface area contributed by atoms with Gasteiger partial charge in [-0.25, -0.2) is 8.78 Å². The standard InChI is InChI=1S/C15H23F2N3/c1-19(9-10-20-7-2-3-8-20)14(11-18)12-5-4-6-13(16)15(12)17/h4-6,14H,2-3,7-11,18H2,1H3. The zero-order chi connectivity index (χ0) is 14.5. The van der Waals surface area contributed by atoms with Crippen LogP contribution in [0.3, 0.4) is 0 Å². The minimum atomic E-state index is -0.811. The van der Waals surface area contributed by atoms with Gasteiger partial charge in [0, 0.05) is 31.2 Å². The molecule has 1 fully saturated rings. The van der Waals surface area contributed by atoms with Crippen molar-refractivity contribution in [3.8, 4) is 0 Å². The Balaban J connectivity index is 2.00. The summed E-state index contributed by atoms with van der Waals surface area (Å²) in [4.78, 5) is 4.40. The molecule has 1 saturated heterocycles. The van der Waals surface area contributed by atoms with E-state index in [4.69, 9.17) is 5.73 Å². The summed E-state index contributed by atoms with van der Waals surface area (Å²) in [5.41, 5.74) is 6.11. The third kappa shape index (κ3) is 3.53. The van der Waals surface area contributed by atoms with Gasteiger partial charge in [-0.15, -0.1) is 0 Å². The van der Waals surface area contributed by atoms with Crippen molar-refractivity contribution < 1.29 is 8.78 Å². The maximum atomic E-state index is 13.9. The van der Waals surface area contributed by atoms with Gasteiger partial charge in [-0.3, -0.25) is 4.90 Å². The van der Waals surface area contributed by atoms with Crippen LogP contribution in [0.2, 0.25) is 0 Å². The van der Waals surface area contributed by atoms with Gasteiger partial charge in [0.1, 0.15) is 0 Å². The molecule has 0 aliphatic carbocycles. The number of nitrogens with zero attached hydrogens (tertiary/aromatic N) is 2. The van der Waals surface area contributed by atoms with E-state index in [-0.39, 0.29) is 12.6 Å². The molecule has 0 aromatic heterocycles. The Morgan fingerprint density at radius 2 is 2.00 bits per heavy atom. The van der Waals surface area contributed by atoms with Crippen molar-refractivity contribution in [3.63, 3.8) is 0 Å². The SMILES string of the molecule is CN(CCN1CCCC1)C(CN)c1cccc(F)c1F. The summed E-state index contributed by atoms with van der Waals surface area (Å²) >= 11 is 0. The van der Waals surface area contributed by atoms with Gasteiger partial charge in [0.2, 0.25) is 0 Å². The summed E-state index contributed by atoms with van der Waals surface area (Å²) < 4.78 is 27.2. The summed E-state index contributed by atoms with van der Waals surface area (Å²) in [6.07, 6.45) is 2.51. The monoisotopic (exact) mass is 283 g/mol. The number of benzene rings is 1. The lowest BCUT2D eigenvalue weighted by Crippen LogP contribution is -2.37. The van der Waals surface area contributed by atoms with Crippen LogP contribution < -0.4 is 5.73 Å². The average Bonchev–Trinajstić information content (AvgIpc) is 2.95. The van der Waals surface area contributed by atoms with Gasteiger partial charge in [0.25, 0.3) is 0 Å². The highest BCUT2D eigenvalue weighted by Gasteiger charge is 2.21. The average molecular weight is 283 g/mol. The number of halogens is 2. The molecule has 5 heteroatoms. The number of nitrogens with two attached hydrogens (primary N) is 1. The number of likely N-dealkylation sites (tertiary alicyclic amines) is 1. The molecule has 0 spiro atoms. The van der Waals surface area contributed by atoms with Crippen molar-refractivity contribution in [1.29, 1.82) is 0 Å². The summed E-state index contributed by atoms with van der Waals surface area (Å²) in [6, 6.07) is 4.00. The first-order valence-electron chi connectivity index (χ1n) is 7.20. The van der Waals surface area contributed by atoms with Crippen molar-refractivity contribution in [3.05, 3.63) is 35.4 Å². The fourth-order valence-electron chi connectivity index (χ4n) is 2.78. The maximum absolute atomic E-state index is 13.9. The molecule has 1 aliphatic rings. The molecule has 1 heterocycles. The largest absolute Gasteiger partial charge is 0.329 e. The van der Waals surface area contributed by atoms with E-state index in [0.717, 1.165) is 32.2 Å². The normalized spacial score (nSPS) is 17.9. The molecule has 1 unspecified atom stereocenters. The van der Waals surface area contributed by atoms with Gasteiger partial charge >= 0.3 is 0 Å². The van der Waals surface area contributed by atoms with Crippen LogP contribution in [0.4, 0.5) is 8.78 Å². The molecular weight excluding hydrogens is 260 g/mol. The van der Waals surface area contributed by atoms with Crippen LogP contribution in [0.15, 0.2) is 18.2 Å². The highest BCUT2D eigenvalue weighted by Crippen LogP contribution is 2.23. The van der Waals surface area contributed by atoms with E-state index in [2.05, 4.69) is 4.90 Å². The second-order valence-electron chi connectivity index (χ2n) is 5.42. The van der Waals surface area contributed by atoms with Crippen molar-refractivity contribution in [2.24, 2.45) is 5.73 Å². The fourth-order valence-corrected chi connectivity index (χ4v) is 2.78. The molecule has 1 aromatic rings. The summed E-state index contributed by atoms with van der Waals surface area (Å²) in [5, 5.41) is 0. The Morgan fingerprint density at radius 3 is 2.65 bits per heavy atom. The van der Waals surface area contributed by atoms with Crippen LogP contribution in [0.1, 0.15) is 24.4 Å². The lowest BCUT2D eigenvalue weighted by molar-refractivity contribution is 0.205. The molecule has 2 N–H and O–H groups in total. The number of hydrogen-bond donors (Lipinski definition) is 1. The van der Waals surface area contributed by atoms with E-state index < -0.39 is 11.6 Å². The predicted molar refractivity (Wildman–Crippen MR) is 76.5 cm³/mol. The third-order valence-electron chi connectivity index (χ3n) is 4.06. The quantitative estimate of drug-likeness (QED) is 0.866. The highest BCUT2D eigenvalue weighted by molar-refractivity contribution is 5.23. The van der Waals surface area contributed by atoms with E-state index in [1.165, 1.54) is 18.9 Å². The smallest absolute Gasteiger partial charge is 0.163 e. The summed E-state index contributed by atoms with van der Waals surface area (Å²) in [7, 11) is 1.91. The van der Waals surface area contributed by atoms with Crippen LogP contribution in [-0.2, 0) is 0 Å². The highest BCUT2D eigenvalue weighted by atomic mass is 19.2. The molecule has 112 valence electrons. The molecule has 1 atom stereocenters. The van der Waals surface area contributed by atoms with Gasteiger partial charge in [-0.1, -0.05) is 12.1 Å². The Kier molecular flexibility index (Phi) is 5.46. The van der Waals surface area contributed by atoms with Crippen LogP contribution in [0, 0.1) is 11.6 Å². The Hall–Kier alpha value is -1.04. The summed E-state index contributed by atoms with van der Waals surface area (Å²) in [6.45, 7) is 4.30. The second-order valence-corrected chi connectivity index (χ2v) is 5.42. The topological polar surface area (TPSA) is 32.5 Å². The van der Waals surface area contributed by atoms with E-state index >= 15 is 0 Å². The van der Waals surface area contributed by atoms with Crippen molar-refractivity contribution in [2.45, 2.75) is 18.9 Å². The van der Waals surface area contributed by atoms with E-state index in [1.807, 2.05) is 11.9 Å². The lowest BCUT2D eigenvalue weighted by Gasteiger charge is -2.29. The number of rotatable bonds is 6. The zero-order valence-corrected chi connectivity index (χ0v) is 12.0. The first-order valence-corrected chi connectivity index (χ1v) is 7.20. The zero-order valence-electron chi connectivity index (χ0n) is 12.0. The first kappa shape index (κ1) is 15.4. The van der Waals surface area contributed by atoms with E-state index in [1.54, 1.807) is 6.07 Å². The minimum absolute atomic E-state index is 0.275. The van der Waals surface area contributed by atoms with Crippen molar-refractivity contribution >= 4 is 0 Å². The molecule has 1 aromatic carbocycles. The van der Waals surface area contributed by atoms with Crippen LogP contribution >= 0.6 is 0 Å². The molecular formula is C15H23F2N3. The number of likely N-dealkylation sites (N-methyl/N-ethyl adjacent to an activating group) is 1. The van der Waals surface area contributed by atoms with Crippen LogP contribution in [-0.4, -0.2) is 49.6 Å². The van der Waals surface area contributed by atoms with E-state index in [0.29, 0.717) is 5.56 Å². The lowest BCUT2D eigenvalue weighted by atomic mass is 10.0. The van der Waals surface area contributed by atoms with Crippen LogP contribution in [0.5, 0.6) is 0 Å². The predicted octanol–water partition coefficient (Wildman–Crippen LogP) is 1.99. The van der Waals surface area contributed by atoms with Gasteiger partial charge in [-0.05, 0) is 39.0 Å². The van der Waals surface area contributed by atoms with Crippen LogP contribution in [0.25, 0.3) is 0 Å². The molecule has 2 rings (SSSR count). The van der Waals surface area contributed by atoms with E-state index in [9.17, 15) is 8.78 Å². The molecule has 1 aliphatic heterocycles. The molecule has 0 bridgehead atoms. The Bertz CT molecular complexity index is 433. The molecule has 3 nitrogen and oxygen atoms in total. The Morgan fingerprint density at radius 1 is 1.30 bits per heavy atom. The number of hydrogen-bond acceptors (Lipinski definition) is 3. The molecule has 20 heavy (non-hydrogen) atoms. The summed E-state index contributed by atoms with van der Waals surface area (Å²) in [5.74, 6) is -1.59.